The van der Waals surface area contributed by atoms with Crippen molar-refractivity contribution in [3.8, 4) is 0 Å². The van der Waals surface area contributed by atoms with Crippen LogP contribution in [-0.4, -0.2) is 17.2 Å². The molecular weight excluding hydrogens is 161 g/mol. The second-order valence-electron chi connectivity index (χ2n) is 1.96. The van der Waals surface area contributed by atoms with Gasteiger partial charge in [-0.2, -0.15) is 5.01 Å². The predicted octanol–water partition coefficient (Wildman–Crippen LogP) is 0.757. The Morgan fingerprint density at radius 2 is 2.18 bits per heavy atom. The maximum Gasteiger partial charge on any atom is 0.502 e. The van der Waals surface area contributed by atoms with Gasteiger partial charge in [0.1, 0.15) is 0 Å². The van der Waals surface area contributed by atoms with Crippen molar-refractivity contribution >= 4 is 5.91 Å². The van der Waals surface area contributed by atoms with Gasteiger partial charge in [0.2, 0.25) is 5.91 Å². The van der Waals surface area contributed by atoms with Gasteiger partial charge in [0, 0.05) is 12.6 Å². The highest BCUT2D eigenvalue weighted by atomic mass is 19.4. The summed E-state index contributed by atoms with van der Waals surface area (Å²) < 4.78 is 35.3. The first-order valence-corrected chi connectivity index (χ1v) is 2.82. The minimum atomic E-state index is -4.54. The molecule has 0 saturated carbocycles. The topological polar surface area (TPSA) is 32.3 Å². The second-order valence-corrected chi connectivity index (χ2v) is 1.96. The van der Waals surface area contributed by atoms with Crippen LogP contribution in [0.25, 0.3) is 0 Å². The largest absolute Gasteiger partial charge is 0.502 e. The van der Waals surface area contributed by atoms with Gasteiger partial charge in [-0.3, -0.25) is 10.2 Å². The van der Waals surface area contributed by atoms with Crippen LogP contribution in [0, 0.1) is 0 Å². The normalized spacial score (nSPS) is 18.5. The van der Waals surface area contributed by atoms with Crippen LogP contribution < -0.4 is 5.43 Å². The lowest BCUT2D eigenvalue weighted by Gasteiger charge is -2.25. The van der Waals surface area contributed by atoms with E-state index in [1.807, 2.05) is 0 Å². The number of amides is 1. The monoisotopic (exact) mass is 166 g/mol. The quantitative estimate of drug-likeness (QED) is 0.539. The van der Waals surface area contributed by atoms with E-state index in [0.717, 1.165) is 12.3 Å². The van der Waals surface area contributed by atoms with Crippen molar-refractivity contribution < 1.29 is 18.0 Å². The fraction of sp³-hybridized carbons (Fsp3) is 0.400. The van der Waals surface area contributed by atoms with Crippen LogP contribution in [0.1, 0.15) is 6.42 Å². The number of hydrogen-bond acceptors (Lipinski definition) is 2. The number of hydrazine groups is 1. The van der Waals surface area contributed by atoms with E-state index in [9.17, 15) is 18.0 Å². The molecule has 1 N–H and O–H groups in total. The predicted molar refractivity (Wildman–Crippen MR) is 29.8 cm³/mol. The SMILES string of the molecule is O=C1CC=CN(C(F)(F)F)N1. The Hall–Kier alpha value is -1.20. The highest BCUT2D eigenvalue weighted by Gasteiger charge is 2.37. The van der Waals surface area contributed by atoms with Crippen LogP contribution in [0.3, 0.4) is 0 Å². The Morgan fingerprint density at radius 1 is 1.55 bits per heavy atom. The summed E-state index contributed by atoms with van der Waals surface area (Å²) in [4.78, 5) is 10.4. The fourth-order valence-corrected chi connectivity index (χ4v) is 0.630. The van der Waals surface area contributed by atoms with Crippen molar-refractivity contribution in [1.29, 1.82) is 0 Å². The van der Waals surface area contributed by atoms with Crippen molar-refractivity contribution in [3.05, 3.63) is 12.3 Å². The Bertz CT molecular complexity index is 198. The molecule has 1 aliphatic heterocycles. The standard InChI is InChI=1S/C5H5F3N2O/c6-5(7,8)10-3-1-2-4(11)9-10/h1,3H,2H2,(H,9,11). The lowest BCUT2D eigenvalue weighted by atomic mass is 10.4. The third-order valence-corrected chi connectivity index (χ3v) is 1.08. The molecule has 3 nitrogen and oxygen atoms in total. The Balaban J connectivity index is 2.68. The van der Waals surface area contributed by atoms with E-state index in [1.165, 1.54) is 0 Å². The van der Waals surface area contributed by atoms with Crippen LogP contribution in [-0.2, 0) is 4.79 Å². The van der Waals surface area contributed by atoms with Gasteiger partial charge in [-0.05, 0) is 0 Å². The number of halogens is 3. The van der Waals surface area contributed by atoms with Crippen LogP contribution >= 0.6 is 0 Å². The molecule has 0 aliphatic carbocycles. The molecule has 0 spiro atoms. The zero-order chi connectivity index (χ0) is 8.48. The van der Waals surface area contributed by atoms with Gasteiger partial charge < -0.3 is 0 Å². The Kier molecular flexibility index (Phi) is 1.76. The molecule has 11 heavy (non-hydrogen) atoms. The summed E-state index contributed by atoms with van der Waals surface area (Å²) in [5.41, 5.74) is 1.64. The van der Waals surface area contributed by atoms with Gasteiger partial charge in [-0.1, -0.05) is 6.08 Å². The zero-order valence-electron chi connectivity index (χ0n) is 5.35. The molecule has 0 atom stereocenters. The Morgan fingerprint density at radius 3 is 2.55 bits per heavy atom. The van der Waals surface area contributed by atoms with E-state index in [4.69, 9.17) is 0 Å². The van der Waals surface area contributed by atoms with Crippen molar-refractivity contribution in [2.24, 2.45) is 0 Å². The summed E-state index contributed by atoms with van der Waals surface area (Å²) in [6, 6.07) is 0. The first-order chi connectivity index (χ1) is 5.00. The van der Waals surface area contributed by atoms with Crippen LogP contribution in [0.2, 0.25) is 0 Å². The van der Waals surface area contributed by atoms with Gasteiger partial charge in [0.15, 0.2) is 0 Å². The molecule has 0 saturated heterocycles. The first kappa shape index (κ1) is 7.90. The number of carbonyl (C=O) groups is 1. The molecule has 62 valence electrons. The lowest BCUT2D eigenvalue weighted by Crippen LogP contribution is -2.48. The van der Waals surface area contributed by atoms with Crippen LogP contribution in [0.5, 0.6) is 0 Å². The number of carbonyl (C=O) groups excluding carboxylic acids is 1. The summed E-state index contributed by atoms with van der Waals surface area (Å²) in [6.07, 6.45) is -2.62. The van der Waals surface area contributed by atoms with Crippen LogP contribution in [0.15, 0.2) is 12.3 Å². The van der Waals surface area contributed by atoms with Gasteiger partial charge in [-0.15, -0.1) is 13.2 Å². The highest BCUT2D eigenvalue weighted by molar-refractivity contribution is 5.77. The average Bonchev–Trinajstić information content (AvgIpc) is 1.86. The summed E-state index contributed by atoms with van der Waals surface area (Å²) in [6.45, 7) is 0. The molecule has 0 fully saturated rings. The molecule has 0 bridgehead atoms. The third-order valence-electron chi connectivity index (χ3n) is 1.08. The average molecular weight is 166 g/mol. The molecule has 0 radical (unpaired) electrons. The molecule has 1 aliphatic rings. The molecule has 1 amide bonds. The smallest absolute Gasteiger partial charge is 0.273 e. The number of nitrogens with zero attached hydrogens (tertiary/aromatic N) is 1. The maximum absolute atomic E-state index is 11.8. The summed E-state index contributed by atoms with van der Waals surface area (Å²) in [7, 11) is 0. The molecule has 0 aromatic carbocycles. The highest BCUT2D eigenvalue weighted by Crippen LogP contribution is 2.20. The van der Waals surface area contributed by atoms with Gasteiger partial charge >= 0.3 is 6.30 Å². The minimum absolute atomic E-state index is 0.00736. The van der Waals surface area contributed by atoms with Gasteiger partial charge in [0.05, 0.1) is 0 Å². The molecule has 1 heterocycles. The number of alkyl halides is 3. The first-order valence-electron chi connectivity index (χ1n) is 2.82. The Labute approximate surface area is 60.4 Å². The van der Waals surface area contributed by atoms with Crippen molar-refractivity contribution in [1.82, 2.24) is 10.4 Å². The van der Waals surface area contributed by atoms with Crippen molar-refractivity contribution in [2.45, 2.75) is 12.7 Å². The summed E-state index contributed by atoms with van der Waals surface area (Å²) >= 11 is 0. The second kappa shape index (κ2) is 2.44. The minimum Gasteiger partial charge on any atom is -0.273 e. The fourth-order valence-electron chi connectivity index (χ4n) is 0.630. The van der Waals surface area contributed by atoms with E-state index < -0.39 is 12.2 Å². The number of nitrogens with one attached hydrogen (secondary N) is 1. The summed E-state index contributed by atoms with van der Waals surface area (Å²) in [5, 5.41) is -0.182. The van der Waals surface area contributed by atoms with Gasteiger partial charge in [-0.25, -0.2) is 0 Å². The van der Waals surface area contributed by atoms with E-state index in [2.05, 4.69) is 0 Å². The molecule has 0 unspecified atom stereocenters. The molecule has 6 heteroatoms. The third kappa shape index (κ3) is 1.86. The summed E-state index contributed by atoms with van der Waals surface area (Å²) in [5.74, 6) is -0.662. The van der Waals surface area contributed by atoms with Crippen molar-refractivity contribution in [3.63, 3.8) is 0 Å². The van der Waals surface area contributed by atoms with Crippen molar-refractivity contribution in [2.75, 3.05) is 0 Å². The molecule has 1 rings (SSSR count). The van der Waals surface area contributed by atoms with Gasteiger partial charge in [0.25, 0.3) is 0 Å². The molecular formula is C5H5F3N2O. The maximum atomic E-state index is 11.8. The van der Waals surface area contributed by atoms with E-state index in [1.54, 1.807) is 5.43 Å². The lowest BCUT2D eigenvalue weighted by molar-refractivity contribution is -0.244. The number of rotatable bonds is 0. The number of hydrogen-bond donors (Lipinski definition) is 1. The van der Waals surface area contributed by atoms with E-state index >= 15 is 0 Å². The van der Waals surface area contributed by atoms with E-state index in [-0.39, 0.29) is 11.4 Å². The molecule has 0 aromatic heterocycles. The zero-order valence-corrected chi connectivity index (χ0v) is 5.35. The molecule has 0 aromatic rings. The van der Waals surface area contributed by atoms with Crippen LogP contribution in [0.4, 0.5) is 13.2 Å². The van der Waals surface area contributed by atoms with E-state index in [0.29, 0.717) is 0 Å².